The number of unbranched alkanes of at least 4 members (excludes halogenated alkanes) is 2. The SMILES string of the molecule is C=CCn1c(=NC(=O)c2ccc(S(=O)(=O)N(CCCC)CCCC)cc2)sc2ccc(Cl)c(Cl)c21. The fourth-order valence-corrected chi connectivity index (χ4v) is 6.62. The molecule has 3 rings (SSSR count). The van der Waals surface area contributed by atoms with Crippen molar-refractivity contribution in [3.8, 4) is 0 Å². The Hall–Kier alpha value is -1.97. The molecule has 2 aromatic carbocycles. The van der Waals surface area contributed by atoms with Crippen molar-refractivity contribution in [2.45, 2.75) is 51.0 Å². The van der Waals surface area contributed by atoms with Crippen LogP contribution in [-0.2, 0) is 16.6 Å². The van der Waals surface area contributed by atoms with Crippen LogP contribution in [0.2, 0.25) is 10.0 Å². The predicted molar refractivity (Wildman–Crippen MR) is 145 cm³/mol. The number of sulfonamides is 1. The maximum Gasteiger partial charge on any atom is 0.279 e. The number of fused-ring (bicyclic) bond motifs is 1. The summed E-state index contributed by atoms with van der Waals surface area (Å²) in [5, 5.41) is 0.804. The first-order valence-corrected chi connectivity index (χ1v) is 14.5. The van der Waals surface area contributed by atoms with Crippen molar-refractivity contribution in [3.63, 3.8) is 0 Å². The first-order chi connectivity index (χ1) is 16.7. The van der Waals surface area contributed by atoms with Crippen LogP contribution in [0.5, 0.6) is 0 Å². The quantitative estimate of drug-likeness (QED) is 0.253. The summed E-state index contributed by atoms with van der Waals surface area (Å²) in [6.45, 7) is 9.21. The average Bonchev–Trinajstić information content (AvgIpc) is 3.19. The van der Waals surface area contributed by atoms with E-state index in [2.05, 4.69) is 11.6 Å². The summed E-state index contributed by atoms with van der Waals surface area (Å²) in [6.07, 6.45) is 5.11. The minimum Gasteiger partial charge on any atom is -0.311 e. The number of allylic oxidation sites excluding steroid dienone is 1. The molecule has 0 radical (unpaired) electrons. The molecule has 0 spiro atoms. The molecule has 10 heteroatoms. The third-order valence-electron chi connectivity index (χ3n) is 5.50. The van der Waals surface area contributed by atoms with E-state index in [0.29, 0.717) is 45.6 Å². The van der Waals surface area contributed by atoms with E-state index in [4.69, 9.17) is 23.2 Å². The van der Waals surface area contributed by atoms with Crippen LogP contribution < -0.4 is 4.80 Å². The van der Waals surface area contributed by atoms with Gasteiger partial charge in [-0.25, -0.2) is 8.42 Å². The molecule has 0 bridgehead atoms. The highest BCUT2D eigenvalue weighted by Gasteiger charge is 2.24. The number of benzene rings is 2. The molecule has 0 aliphatic rings. The van der Waals surface area contributed by atoms with E-state index in [0.717, 1.165) is 30.4 Å². The monoisotopic (exact) mass is 553 g/mol. The molecular formula is C25H29Cl2N3O3S2. The number of nitrogens with zero attached hydrogens (tertiary/aromatic N) is 3. The van der Waals surface area contributed by atoms with Crippen LogP contribution in [0, 0.1) is 0 Å². The molecule has 35 heavy (non-hydrogen) atoms. The van der Waals surface area contributed by atoms with Crippen LogP contribution >= 0.6 is 34.5 Å². The van der Waals surface area contributed by atoms with Gasteiger partial charge < -0.3 is 4.57 Å². The highest BCUT2D eigenvalue weighted by molar-refractivity contribution is 7.89. The lowest BCUT2D eigenvalue weighted by atomic mass is 10.2. The van der Waals surface area contributed by atoms with Gasteiger partial charge in [0.1, 0.15) is 0 Å². The van der Waals surface area contributed by atoms with E-state index < -0.39 is 15.9 Å². The first-order valence-electron chi connectivity index (χ1n) is 11.5. The molecule has 6 nitrogen and oxygen atoms in total. The number of amides is 1. The average molecular weight is 555 g/mol. The van der Waals surface area contributed by atoms with Crippen LogP contribution in [0.1, 0.15) is 49.9 Å². The van der Waals surface area contributed by atoms with E-state index in [1.54, 1.807) is 16.7 Å². The fourth-order valence-electron chi connectivity index (χ4n) is 3.58. The summed E-state index contributed by atoms with van der Waals surface area (Å²) < 4.78 is 30.5. The van der Waals surface area contributed by atoms with Gasteiger partial charge in [-0.3, -0.25) is 4.79 Å². The van der Waals surface area contributed by atoms with E-state index in [-0.39, 0.29) is 4.90 Å². The highest BCUT2D eigenvalue weighted by Crippen LogP contribution is 2.32. The molecule has 0 aliphatic carbocycles. The molecule has 188 valence electrons. The molecule has 0 aliphatic heterocycles. The third kappa shape index (κ3) is 6.24. The normalized spacial score (nSPS) is 12.5. The van der Waals surface area contributed by atoms with Gasteiger partial charge in [0.25, 0.3) is 5.91 Å². The van der Waals surface area contributed by atoms with Crippen LogP contribution in [0.3, 0.4) is 0 Å². The Labute approximate surface area is 220 Å². The Morgan fingerprint density at radius 1 is 1.09 bits per heavy atom. The molecular weight excluding hydrogens is 525 g/mol. The first kappa shape index (κ1) is 27.6. The zero-order valence-electron chi connectivity index (χ0n) is 19.8. The number of hydrogen-bond acceptors (Lipinski definition) is 4. The van der Waals surface area contributed by atoms with Crippen LogP contribution in [0.15, 0.2) is 58.9 Å². The number of carbonyl (C=O) groups excluding carboxylic acids is 1. The topological polar surface area (TPSA) is 71.7 Å². The molecule has 1 heterocycles. The van der Waals surface area contributed by atoms with E-state index in [1.165, 1.54) is 39.9 Å². The number of hydrogen-bond donors (Lipinski definition) is 0. The maximum absolute atomic E-state index is 13.2. The number of carbonyl (C=O) groups is 1. The third-order valence-corrected chi connectivity index (χ3v) is 9.25. The van der Waals surface area contributed by atoms with Crippen molar-refractivity contribution in [2.24, 2.45) is 4.99 Å². The maximum atomic E-state index is 13.2. The lowest BCUT2D eigenvalue weighted by molar-refractivity contribution is 0.0997. The van der Waals surface area contributed by atoms with E-state index in [1.807, 2.05) is 19.9 Å². The van der Waals surface area contributed by atoms with Crippen molar-refractivity contribution in [1.29, 1.82) is 0 Å². The van der Waals surface area contributed by atoms with Gasteiger partial charge in [0.15, 0.2) is 4.80 Å². The smallest absolute Gasteiger partial charge is 0.279 e. The summed E-state index contributed by atoms with van der Waals surface area (Å²) in [5.74, 6) is -0.477. The zero-order chi connectivity index (χ0) is 25.6. The molecule has 0 N–H and O–H groups in total. The Bertz CT molecular complexity index is 1370. The molecule has 0 fully saturated rings. The van der Waals surface area contributed by atoms with Crippen molar-refractivity contribution < 1.29 is 13.2 Å². The van der Waals surface area contributed by atoms with Crippen molar-refractivity contribution in [1.82, 2.24) is 8.87 Å². The number of halogens is 2. The largest absolute Gasteiger partial charge is 0.311 e. The lowest BCUT2D eigenvalue weighted by Crippen LogP contribution is -2.33. The highest BCUT2D eigenvalue weighted by atomic mass is 35.5. The Morgan fingerprint density at radius 3 is 2.29 bits per heavy atom. The van der Waals surface area contributed by atoms with Crippen molar-refractivity contribution in [2.75, 3.05) is 13.1 Å². The van der Waals surface area contributed by atoms with E-state index >= 15 is 0 Å². The number of thiazole rings is 1. The van der Waals surface area contributed by atoms with Gasteiger partial charge in [-0.05, 0) is 49.2 Å². The van der Waals surface area contributed by atoms with Crippen LogP contribution in [-0.4, -0.2) is 36.3 Å². The van der Waals surface area contributed by atoms with Gasteiger partial charge in [-0.2, -0.15) is 9.30 Å². The minimum atomic E-state index is -3.64. The standard InChI is InChI=1S/C25H29Cl2N3O3S2/c1-4-7-16-29(17-8-5-2)35(32,33)19-11-9-18(10-12-19)24(31)28-25-30(15-6-3)23-21(34-25)14-13-20(26)22(23)27/h6,9-14H,3-5,7-8,15-17H2,1-2H3. The predicted octanol–water partition coefficient (Wildman–Crippen LogP) is 6.53. The summed E-state index contributed by atoms with van der Waals surface area (Å²) in [6, 6.07) is 9.50. The molecule has 0 unspecified atom stereocenters. The molecule has 0 saturated heterocycles. The van der Waals surface area contributed by atoms with Crippen LogP contribution in [0.4, 0.5) is 0 Å². The van der Waals surface area contributed by atoms with Crippen molar-refractivity contribution >= 4 is 60.7 Å². The van der Waals surface area contributed by atoms with Gasteiger partial charge in [0.2, 0.25) is 10.0 Å². The fraction of sp³-hybridized carbons (Fsp3) is 0.360. The van der Waals surface area contributed by atoms with Gasteiger partial charge in [0.05, 0.1) is 25.2 Å². The summed E-state index contributed by atoms with van der Waals surface area (Å²) >= 11 is 13.9. The second-order valence-corrected chi connectivity index (χ2v) is 11.8. The summed E-state index contributed by atoms with van der Waals surface area (Å²) in [4.78, 5) is 17.9. The molecule has 3 aromatic rings. The second-order valence-electron chi connectivity index (χ2n) is 8.04. The summed E-state index contributed by atoms with van der Waals surface area (Å²) in [5.41, 5.74) is 0.987. The minimum absolute atomic E-state index is 0.172. The molecule has 0 saturated carbocycles. The summed E-state index contributed by atoms with van der Waals surface area (Å²) in [7, 11) is -3.64. The van der Waals surface area contributed by atoms with Crippen LogP contribution in [0.25, 0.3) is 10.2 Å². The number of rotatable bonds is 11. The second kappa shape index (κ2) is 12.3. The zero-order valence-corrected chi connectivity index (χ0v) is 23.0. The Kier molecular flexibility index (Phi) is 9.72. The Morgan fingerprint density at radius 2 is 1.71 bits per heavy atom. The Balaban J connectivity index is 1.95. The molecule has 1 amide bonds. The molecule has 1 aromatic heterocycles. The molecule has 0 atom stereocenters. The lowest BCUT2D eigenvalue weighted by Gasteiger charge is -2.22. The van der Waals surface area contributed by atoms with Gasteiger partial charge in [-0.15, -0.1) is 6.58 Å². The van der Waals surface area contributed by atoms with E-state index in [9.17, 15) is 13.2 Å². The number of aromatic nitrogens is 1. The van der Waals surface area contributed by atoms with Gasteiger partial charge >= 0.3 is 0 Å². The van der Waals surface area contributed by atoms with Gasteiger partial charge in [-0.1, -0.05) is 67.3 Å². The van der Waals surface area contributed by atoms with Gasteiger partial charge in [0, 0.05) is 25.2 Å². The van der Waals surface area contributed by atoms with Crippen molar-refractivity contribution in [3.05, 3.63) is 69.5 Å².